The van der Waals surface area contributed by atoms with Gasteiger partial charge in [0, 0.05) is 14.3 Å². The Labute approximate surface area is 116 Å². The second-order valence-corrected chi connectivity index (χ2v) is 6.36. The van der Waals surface area contributed by atoms with Crippen LogP contribution in [0, 0.1) is 18.6 Å². The van der Waals surface area contributed by atoms with E-state index in [1.807, 2.05) is 11.4 Å². The number of aryl methyl sites for hydroxylation is 1. The monoisotopic (exact) mass is 296 g/mol. The van der Waals surface area contributed by atoms with Crippen molar-refractivity contribution in [2.45, 2.75) is 13.0 Å². The minimum absolute atomic E-state index is 0.270. The van der Waals surface area contributed by atoms with Gasteiger partial charge in [0.1, 0.15) is 17.7 Å². The van der Waals surface area contributed by atoms with E-state index in [9.17, 15) is 13.9 Å². The third-order valence-corrected chi connectivity index (χ3v) is 5.17. The van der Waals surface area contributed by atoms with E-state index in [0.717, 1.165) is 9.40 Å². The molecule has 0 spiro atoms. The summed E-state index contributed by atoms with van der Waals surface area (Å²) in [4.78, 5) is 0.560. The van der Waals surface area contributed by atoms with Gasteiger partial charge in [0.2, 0.25) is 0 Å². The lowest BCUT2D eigenvalue weighted by atomic mass is 10.0. The number of benzene rings is 1. The quantitative estimate of drug-likeness (QED) is 0.731. The third kappa shape index (κ3) is 2.08. The van der Waals surface area contributed by atoms with E-state index in [1.54, 1.807) is 24.3 Å². The standard InChI is InChI=1S/C14H10F2OS2/c1-7-2-3-8(15)12(13(7)16)14(17)11-6-10-9(19-11)4-5-18-10/h2-6,14,17H,1H3. The third-order valence-electron chi connectivity index (χ3n) is 3.02. The second-order valence-electron chi connectivity index (χ2n) is 4.29. The summed E-state index contributed by atoms with van der Waals surface area (Å²) < 4.78 is 29.8. The number of thiophene rings is 2. The van der Waals surface area contributed by atoms with Crippen LogP contribution in [0.1, 0.15) is 22.1 Å². The highest BCUT2D eigenvalue weighted by Gasteiger charge is 2.23. The lowest BCUT2D eigenvalue weighted by Gasteiger charge is -2.12. The minimum atomic E-state index is -1.26. The fraction of sp³-hybridized carbons (Fsp3) is 0.143. The summed E-state index contributed by atoms with van der Waals surface area (Å²) in [6, 6.07) is 6.28. The van der Waals surface area contributed by atoms with Crippen LogP contribution >= 0.6 is 22.7 Å². The van der Waals surface area contributed by atoms with Gasteiger partial charge in [0.15, 0.2) is 0 Å². The fourth-order valence-corrected chi connectivity index (χ4v) is 4.11. The van der Waals surface area contributed by atoms with Crippen molar-refractivity contribution >= 4 is 32.1 Å². The molecule has 1 N–H and O–H groups in total. The van der Waals surface area contributed by atoms with Crippen molar-refractivity contribution < 1.29 is 13.9 Å². The predicted octanol–water partition coefficient (Wildman–Crippen LogP) is 4.63. The first-order valence-electron chi connectivity index (χ1n) is 5.67. The smallest absolute Gasteiger partial charge is 0.135 e. The molecule has 19 heavy (non-hydrogen) atoms. The summed E-state index contributed by atoms with van der Waals surface area (Å²) >= 11 is 2.90. The molecule has 2 aromatic heterocycles. The highest BCUT2D eigenvalue weighted by atomic mass is 32.1. The zero-order valence-corrected chi connectivity index (χ0v) is 11.6. The molecule has 2 heterocycles. The molecule has 0 radical (unpaired) electrons. The summed E-state index contributed by atoms with van der Waals surface area (Å²) in [5, 5.41) is 12.2. The van der Waals surface area contributed by atoms with Crippen molar-refractivity contribution in [2.24, 2.45) is 0 Å². The summed E-state index contributed by atoms with van der Waals surface area (Å²) in [6.07, 6.45) is -1.26. The van der Waals surface area contributed by atoms with Gasteiger partial charge in [-0.2, -0.15) is 0 Å². The Hall–Kier alpha value is -1.30. The maximum absolute atomic E-state index is 14.0. The molecule has 0 aliphatic heterocycles. The zero-order valence-electron chi connectivity index (χ0n) is 9.98. The normalized spacial score (nSPS) is 13.1. The maximum Gasteiger partial charge on any atom is 0.135 e. The molecule has 0 fully saturated rings. The van der Waals surface area contributed by atoms with Gasteiger partial charge in [-0.3, -0.25) is 0 Å². The summed E-state index contributed by atoms with van der Waals surface area (Å²) in [7, 11) is 0. The highest BCUT2D eigenvalue weighted by Crippen LogP contribution is 2.37. The first-order chi connectivity index (χ1) is 9.08. The minimum Gasteiger partial charge on any atom is -0.383 e. The molecular formula is C14H10F2OS2. The van der Waals surface area contributed by atoms with Gasteiger partial charge in [-0.05, 0) is 36.1 Å². The van der Waals surface area contributed by atoms with Gasteiger partial charge in [-0.25, -0.2) is 8.78 Å². The summed E-state index contributed by atoms with van der Waals surface area (Å²) in [5.41, 5.74) is 0.0581. The molecule has 98 valence electrons. The molecule has 1 atom stereocenters. The van der Waals surface area contributed by atoms with Crippen LogP contribution in [-0.4, -0.2) is 5.11 Å². The number of halogens is 2. The highest BCUT2D eigenvalue weighted by molar-refractivity contribution is 7.26. The van der Waals surface area contributed by atoms with E-state index in [0.29, 0.717) is 10.4 Å². The molecule has 1 unspecified atom stereocenters. The number of rotatable bonds is 2. The number of fused-ring (bicyclic) bond motifs is 1. The lowest BCUT2D eigenvalue weighted by molar-refractivity contribution is 0.212. The van der Waals surface area contributed by atoms with Gasteiger partial charge >= 0.3 is 0 Å². The van der Waals surface area contributed by atoms with Crippen molar-refractivity contribution in [2.75, 3.05) is 0 Å². The number of hydrogen-bond donors (Lipinski definition) is 1. The van der Waals surface area contributed by atoms with E-state index in [2.05, 4.69) is 0 Å². The molecule has 1 aromatic carbocycles. The van der Waals surface area contributed by atoms with Crippen molar-refractivity contribution in [1.82, 2.24) is 0 Å². The first kappa shape index (κ1) is 12.7. The van der Waals surface area contributed by atoms with Crippen molar-refractivity contribution in [1.29, 1.82) is 0 Å². The van der Waals surface area contributed by atoms with E-state index in [-0.39, 0.29) is 5.56 Å². The van der Waals surface area contributed by atoms with Crippen LogP contribution in [0.4, 0.5) is 8.78 Å². The van der Waals surface area contributed by atoms with Gasteiger partial charge < -0.3 is 5.11 Å². The lowest BCUT2D eigenvalue weighted by Crippen LogP contribution is -2.05. The average Bonchev–Trinajstić information content (AvgIpc) is 2.94. The van der Waals surface area contributed by atoms with Crippen LogP contribution in [0.15, 0.2) is 29.6 Å². The van der Waals surface area contributed by atoms with E-state index < -0.39 is 17.7 Å². The Morgan fingerprint density at radius 3 is 2.68 bits per heavy atom. The molecule has 0 saturated heterocycles. The SMILES string of the molecule is Cc1ccc(F)c(C(O)c2cc3sccc3s2)c1F. The van der Waals surface area contributed by atoms with E-state index in [1.165, 1.54) is 23.5 Å². The average molecular weight is 296 g/mol. The topological polar surface area (TPSA) is 20.2 Å². The number of aliphatic hydroxyl groups is 1. The van der Waals surface area contributed by atoms with Crippen molar-refractivity contribution in [3.63, 3.8) is 0 Å². The molecule has 3 aromatic rings. The van der Waals surface area contributed by atoms with Crippen LogP contribution < -0.4 is 0 Å². The van der Waals surface area contributed by atoms with Crippen LogP contribution in [0.3, 0.4) is 0 Å². The zero-order chi connectivity index (χ0) is 13.6. The summed E-state index contributed by atoms with van der Waals surface area (Å²) in [6.45, 7) is 1.55. The van der Waals surface area contributed by atoms with Crippen LogP contribution in [0.25, 0.3) is 9.40 Å². The second kappa shape index (κ2) is 4.67. The summed E-state index contributed by atoms with van der Waals surface area (Å²) in [5.74, 6) is -1.39. The number of hydrogen-bond acceptors (Lipinski definition) is 3. The number of aliphatic hydroxyl groups excluding tert-OH is 1. The Balaban J connectivity index is 2.11. The molecule has 1 nitrogen and oxygen atoms in total. The first-order valence-corrected chi connectivity index (χ1v) is 7.37. The van der Waals surface area contributed by atoms with Crippen molar-refractivity contribution in [3.05, 3.63) is 57.3 Å². The van der Waals surface area contributed by atoms with Gasteiger partial charge in [-0.1, -0.05) is 6.07 Å². The molecule has 0 aliphatic rings. The Bertz CT molecular complexity index is 717. The van der Waals surface area contributed by atoms with Crippen LogP contribution in [0.2, 0.25) is 0 Å². The predicted molar refractivity (Wildman–Crippen MR) is 74.9 cm³/mol. The van der Waals surface area contributed by atoms with Gasteiger partial charge in [-0.15, -0.1) is 22.7 Å². The molecule has 0 bridgehead atoms. The largest absolute Gasteiger partial charge is 0.383 e. The van der Waals surface area contributed by atoms with E-state index >= 15 is 0 Å². The molecule has 5 heteroatoms. The Morgan fingerprint density at radius 2 is 1.95 bits per heavy atom. The van der Waals surface area contributed by atoms with Gasteiger partial charge in [0.25, 0.3) is 0 Å². The Morgan fingerprint density at radius 1 is 1.16 bits per heavy atom. The molecular weight excluding hydrogens is 286 g/mol. The maximum atomic E-state index is 14.0. The molecule has 0 amide bonds. The van der Waals surface area contributed by atoms with E-state index in [4.69, 9.17) is 0 Å². The molecule has 3 rings (SSSR count). The van der Waals surface area contributed by atoms with Gasteiger partial charge in [0.05, 0.1) is 5.56 Å². The van der Waals surface area contributed by atoms with Crippen molar-refractivity contribution in [3.8, 4) is 0 Å². The van der Waals surface area contributed by atoms with Crippen LogP contribution in [-0.2, 0) is 0 Å². The molecule has 0 aliphatic carbocycles. The Kier molecular flexibility index (Phi) is 3.12. The fourth-order valence-electron chi connectivity index (χ4n) is 1.99. The van der Waals surface area contributed by atoms with Crippen LogP contribution in [0.5, 0.6) is 0 Å². The molecule has 0 saturated carbocycles.